The normalized spacial score (nSPS) is 11.8. The van der Waals surface area contributed by atoms with Crippen molar-refractivity contribution >= 4 is 54.5 Å². The highest BCUT2D eigenvalue weighted by Crippen LogP contribution is 2.43. The van der Waals surface area contributed by atoms with Crippen molar-refractivity contribution in [3.63, 3.8) is 0 Å². The van der Waals surface area contributed by atoms with Gasteiger partial charge >= 0.3 is 0 Å². The van der Waals surface area contributed by atoms with Gasteiger partial charge in [-0.25, -0.2) is 15.0 Å². The molecule has 0 atom stereocenters. The second-order valence-corrected chi connectivity index (χ2v) is 12.0. The van der Waals surface area contributed by atoms with Crippen LogP contribution in [0.5, 0.6) is 0 Å². The molecule has 3 heterocycles. The highest BCUT2D eigenvalue weighted by molar-refractivity contribution is 6.21. The van der Waals surface area contributed by atoms with Crippen LogP contribution < -0.4 is 0 Å². The first-order valence-electron chi connectivity index (χ1n) is 16.0. The SMILES string of the molecule is c1ccc(-c2nc(-c3ccccc3)nc(-c3cccc4oc5c6ccccc6c(-n6c7ccccc7c7ccccc76)cc5c34)n2)cc1. The molecule has 0 bridgehead atoms. The van der Waals surface area contributed by atoms with Crippen LogP contribution in [0.25, 0.3) is 94.4 Å². The Kier molecular flexibility index (Phi) is 5.81. The van der Waals surface area contributed by atoms with Crippen molar-refractivity contribution in [3.05, 3.63) is 158 Å². The average Bonchev–Trinajstić information content (AvgIpc) is 3.71. The highest BCUT2D eigenvalue weighted by atomic mass is 16.3. The van der Waals surface area contributed by atoms with Crippen molar-refractivity contribution in [1.29, 1.82) is 0 Å². The molecule has 0 aliphatic rings. The molecule has 0 radical (unpaired) electrons. The topological polar surface area (TPSA) is 56.7 Å². The molecule has 5 heteroatoms. The number of hydrogen-bond acceptors (Lipinski definition) is 4. The van der Waals surface area contributed by atoms with Gasteiger partial charge in [0.1, 0.15) is 11.2 Å². The van der Waals surface area contributed by atoms with Gasteiger partial charge in [0, 0.05) is 49.0 Å². The third kappa shape index (κ3) is 4.01. The van der Waals surface area contributed by atoms with Crippen molar-refractivity contribution in [2.75, 3.05) is 0 Å². The zero-order valence-electron chi connectivity index (χ0n) is 25.7. The largest absolute Gasteiger partial charge is 0.455 e. The molecule has 0 fully saturated rings. The van der Waals surface area contributed by atoms with Gasteiger partial charge in [0.25, 0.3) is 0 Å². The molecule has 0 unspecified atom stereocenters. The molecule has 224 valence electrons. The number of hydrogen-bond donors (Lipinski definition) is 0. The van der Waals surface area contributed by atoms with Crippen LogP contribution in [0.4, 0.5) is 0 Å². The molecule has 10 aromatic rings. The minimum Gasteiger partial charge on any atom is -0.455 e. The van der Waals surface area contributed by atoms with Crippen LogP contribution in [-0.2, 0) is 0 Å². The van der Waals surface area contributed by atoms with E-state index in [1.165, 1.54) is 10.8 Å². The molecule has 10 rings (SSSR count). The lowest BCUT2D eigenvalue weighted by atomic mass is 10.0. The number of rotatable bonds is 4. The van der Waals surface area contributed by atoms with E-state index in [9.17, 15) is 0 Å². The number of benzene rings is 7. The van der Waals surface area contributed by atoms with E-state index in [1.807, 2.05) is 72.8 Å². The van der Waals surface area contributed by atoms with E-state index < -0.39 is 0 Å². The number of para-hydroxylation sites is 2. The molecule has 0 aliphatic heterocycles. The molecule has 0 saturated heterocycles. The number of fused-ring (bicyclic) bond motifs is 8. The minimum atomic E-state index is 0.600. The molecule has 0 amide bonds. The zero-order valence-corrected chi connectivity index (χ0v) is 25.7. The summed E-state index contributed by atoms with van der Waals surface area (Å²) in [5.74, 6) is 1.85. The Hall–Kier alpha value is -6.59. The predicted molar refractivity (Wildman–Crippen MR) is 195 cm³/mol. The smallest absolute Gasteiger partial charge is 0.164 e. The molecule has 0 aliphatic carbocycles. The van der Waals surface area contributed by atoms with Crippen LogP contribution >= 0.6 is 0 Å². The Balaban J connectivity index is 1.31. The minimum absolute atomic E-state index is 0.600. The maximum Gasteiger partial charge on any atom is 0.164 e. The van der Waals surface area contributed by atoms with Gasteiger partial charge in [-0.3, -0.25) is 0 Å². The molecule has 0 spiro atoms. The van der Waals surface area contributed by atoms with Crippen LogP contribution in [0.15, 0.2) is 162 Å². The fourth-order valence-electron chi connectivity index (χ4n) is 7.11. The standard InChI is InChI=1S/C43H26N4O/c1-3-14-27(15-4-1)41-44-42(28-16-5-2-6-17-28)46-43(45-41)33-22-13-25-38-39(33)34-26-37(31-20-7-8-21-32(31)40(34)48-38)47-35-23-11-9-18-29(35)30-19-10-12-24-36(30)47/h1-26H. The summed E-state index contributed by atoms with van der Waals surface area (Å²) in [5, 5.41) is 6.61. The fourth-order valence-corrected chi connectivity index (χ4v) is 7.11. The lowest BCUT2D eigenvalue weighted by Crippen LogP contribution is -2.00. The van der Waals surface area contributed by atoms with Gasteiger partial charge in [0.2, 0.25) is 0 Å². The summed E-state index contributed by atoms with van der Waals surface area (Å²) in [6.45, 7) is 0. The Morgan fingerprint density at radius 2 is 0.938 bits per heavy atom. The van der Waals surface area contributed by atoms with E-state index in [-0.39, 0.29) is 0 Å². The second kappa shape index (κ2) is 10.5. The lowest BCUT2D eigenvalue weighted by molar-refractivity contribution is 0.672. The summed E-state index contributed by atoms with van der Waals surface area (Å²) in [7, 11) is 0. The second-order valence-electron chi connectivity index (χ2n) is 12.0. The third-order valence-electron chi connectivity index (χ3n) is 9.24. The van der Waals surface area contributed by atoms with E-state index >= 15 is 0 Å². The lowest BCUT2D eigenvalue weighted by Gasteiger charge is -2.13. The summed E-state index contributed by atoms with van der Waals surface area (Å²) in [5.41, 5.74) is 7.81. The Labute approximate surface area is 275 Å². The Morgan fingerprint density at radius 1 is 0.417 bits per heavy atom. The van der Waals surface area contributed by atoms with Gasteiger partial charge in [-0.2, -0.15) is 0 Å². The maximum absolute atomic E-state index is 6.72. The summed E-state index contributed by atoms with van der Waals surface area (Å²) in [4.78, 5) is 15.1. The van der Waals surface area contributed by atoms with Crippen LogP contribution in [-0.4, -0.2) is 19.5 Å². The molecular weight excluding hydrogens is 589 g/mol. The van der Waals surface area contributed by atoms with Gasteiger partial charge < -0.3 is 8.98 Å². The van der Waals surface area contributed by atoms with E-state index in [0.29, 0.717) is 17.5 Å². The first-order chi connectivity index (χ1) is 23.8. The molecule has 0 saturated carbocycles. The highest BCUT2D eigenvalue weighted by Gasteiger charge is 2.22. The van der Waals surface area contributed by atoms with Gasteiger partial charge in [-0.15, -0.1) is 0 Å². The third-order valence-corrected chi connectivity index (χ3v) is 9.24. The van der Waals surface area contributed by atoms with Crippen molar-refractivity contribution in [2.45, 2.75) is 0 Å². The van der Waals surface area contributed by atoms with Gasteiger partial charge in [-0.05, 0) is 24.3 Å². The van der Waals surface area contributed by atoms with Crippen LogP contribution in [0.2, 0.25) is 0 Å². The van der Waals surface area contributed by atoms with E-state index in [1.54, 1.807) is 0 Å². The van der Waals surface area contributed by atoms with Crippen molar-refractivity contribution < 1.29 is 4.42 Å². The zero-order chi connectivity index (χ0) is 31.6. The monoisotopic (exact) mass is 614 g/mol. The predicted octanol–water partition coefficient (Wildman–Crippen LogP) is 11.0. The van der Waals surface area contributed by atoms with Crippen molar-refractivity contribution in [3.8, 4) is 39.9 Å². The molecule has 5 nitrogen and oxygen atoms in total. The Morgan fingerprint density at radius 3 is 1.56 bits per heavy atom. The van der Waals surface area contributed by atoms with E-state index in [4.69, 9.17) is 19.4 Å². The first-order valence-corrected chi connectivity index (χ1v) is 16.0. The first kappa shape index (κ1) is 26.6. The van der Waals surface area contributed by atoms with Crippen molar-refractivity contribution in [1.82, 2.24) is 19.5 Å². The summed E-state index contributed by atoms with van der Waals surface area (Å²) < 4.78 is 9.11. The summed E-state index contributed by atoms with van der Waals surface area (Å²) >= 11 is 0. The van der Waals surface area contributed by atoms with E-state index in [2.05, 4.69) is 89.5 Å². The fraction of sp³-hybridized carbons (Fsp3) is 0. The molecular formula is C43H26N4O. The van der Waals surface area contributed by atoms with Crippen LogP contribution in [0.1, 0.15) is 0 Å². The van der Waals surface area contributed by atoms with Crippen molar-refractivity contribution in [2.24, 2.45) is 0 Å². The van der Waals surface area contributed by atoms with Gasteiger partial charge in [0.15, 0.2) is 17.5 Å². The number of nitrogens with zero attached hydrogens (tertiary/aromatic N) is 4. The Bertz CT molecular complexity index is 2720. The quantitative estimate of drug-likeness (QED) is 0.198. The number of furan rings is 1. The average molecular weight is 615 g/mol. The maximum atomic E-state index is 6.72. The van der Waals surface area contributed by atoms with Gasteiger partial charge in [0.05, 0.1) is 16.7 Å². The van der Waals surface area contributed by atoms with Crippen LogP contribution in [0.3, 0.4) is 0 Å². The van der Waals surface area contributed by atoms with Gasteiger partial charge in [-0.1, -0.05) is 133 Å². The summed E-state index contributed by atoms with van der Waals surface area (Å²) in [6.07, 6.45) is 0. The van der Waals surface area contributed by atoms with E-state index in [0.717, 1.165) is 66.1 Å². The molecule has 48 heavy (non-hydrogen) atoms. The van der Waals surface area contributed by atoms with Crippen LogP contribution in [0, 0.1) is 0 Å². The molecule has 3 aromatic heterocycles. The molecule has 7 aromatic carbocycles. The molecule has 0 N–H and O–H groups in total. The number of aromatic nitrogens is 4. The summed E-state index contributed by atoms with van der Waals surface area (Å²) in [6, 6.07) is 54.4.